The summed E-state index contributed by atoms with van der Waals surface area (Å²) in [5, 5.41) is 3.48. The molecule has 0 spiro atoms. The summed E-state index contributed by atoms with van der Waals surface area (Å²) < 4.78 is 14.6. The number of anilines is 1. The van der Waals surface area contributed by atoms with Gasteiger partial charge in [-0.1, -0.05) is 45.7 Å². The molecule has 1 N–H and O–H groups in total. The molecule has 0 bridgehead atoms. The van der Waals surface area contributed by atoms with Gasteiger partial charge in [0.1, 0.15) is 5.82 Å². The quantitative estimate of drug-likeness (QED) is 0.794. The van der Waals surface area contributed by atoms with Crippen LogP contribution in [0.1, 0.15) is 18.5 Å². The van der Waals surface area contributed by atoms with Crippen LogP contribution in [0, 0.1) is 5.82 Å². The third kappa shape index (κ3) is 3.03. The molecule has 0 aromatic heterocycles. The third-order valence-electron chi connectivity index (χ3n) is 2.67. The largest absolute Gasteiger partial charge is 0.375 e. The smallest absolute Gasteiger partial charge is 0.147 e. The zero-order chi connectivity index (χ0) is 13.1. The lowest BCUT2D eigenvalue weighted by Crippen LogP contribution is -2.08. The van der Waals surface area contributed by atoms with Crippen LogP contribution in [-0.2, 0) is 0 Å². The van der Waals surface area contributed by atoms with E-state index in [0.29, 0.717) is 10.7 Å². The van der Waals surface area contributed by atoms with E-state index < -0.39 is 0 Å². The lowest BCUT2D eigenvalue weighted by Gasteiger charge is -2.17. The van der Waals surface area contributed by atoms with Crippen LogP contribution in [0.2, 0.25) is 5.02 Å². The van der Waals surface area contributed by atoms with Crippen LogP contribution >= 0.6 is 27.5 Å². The van der Waals surface area contributed by atoms with Crippen LogP contribution in [0.4, 0.5) is 10.1 Å². The summed E-state index contributed by atoms with van der Waals surface area (Å²) in [6.45, 7) is 1.96. The van der Waals surface area contributed by atoms with E-state index in [2.05, 4.69) is 21.2 Å². The van der Waals surface area contributed by atoms with Crippen LogP contribution in [0.15, 0.2) is 46.9 Å². The van der Waals surface area contributed by atoms with Crippen molar-refractivity contribution in [3.8, 4) is 0 Å². The first-order valence-corrected chi connectivity index (χ1v) is 6.71. The van der Waals surface area contributed by atoms with E-state index in [1.807, 2.05) is 31.2 Å². The first-order valence-electron chi connectivity index (χ1n) is 5.54. The van der Waals surface area contributed by atoms with E-state index in [1.54, 1.807) is 12.1 Å². The Morgan fingerprint density at radius 1 is 1.22 bits per heavy atom. The molecule has 0 aliphatic carbocycles. The topological polar surface area (TPSA) is 12.0 Å². The Labute approximate surface area is 119 Å². The van der Waals surface area contributed by atoms with Gasteiger partial charge in [-0.15, -0.1) is 0 Å². The van der Waals surface area contributed by atoms with Crippen molar-refractivity contribution in [1.29, 1.82) is 0 Å². The van der Waals surface area contributed by atoms with E-state index >= 15 is 0 Å². The number of hydrogen-bond donors (Lipinski definition) is 1. The molecule has 0 heterocycles. The fourth-order valence-corrected chi connectivity index (χ4v) is 2.35. The molecule has 0 fully saturated rings. The predicted molar refractivity (Wildman–Crippen MR) is 77.6 cm³/mol. The van der Waals surface area contributed by atoms with Gasteiger partial charge < -0.3 is 5.32 Å². The SMILES string of the molecule is CC(Nc1c(F)cccc1Cl)c1cccc(Br)c1. The second kappa shape index (κ2) is 5.72. The molecule has 1 nitrogen and oxygen atoms in total. The third-order valence-corrected chi connectivity index (χ3v) is 3.48. The summed E-state index contributed by atoms with van der Waals surface area (Å²) in [5.74, 6) is -0.343. The molecule has 94 valence electrons. The Morgan fingerprint density at radius 3 is 2.61 bits per heavy atom. The van der Waals surface area contributed by atoms with Crippen LogP contribution in [0.5, 0.6) is 0 Å². The highest BCUT2D eigenvalue weighted by atomic mass is 79.9. The fraction of sp³-hybridized carbons (Fsp3) is 0.143. The first-order chi connectivity index (χ1) is 8.58. The van der Waals surface area contributed by atoms with Crippen molar-refractivity contribution < 1.29 is 4.39 Å². The number of halogens is 3. The van der Waals surface area contributed by atoms with Crippen molar-refractivity contribution in [2.45, 2.75) is 13.0 Å². The molecule has 0 saturated heterocycles. The van der Waals surface area contributed by atoms with Crippen molar-refractivity contribution in [3.63, 3.8) is 0 Å². The first kappa shape index (κ1) is 13.4. The highest BCUT2D eigenvalue weighted by Crippen LogP contribution is 2.29. The molecular formula is C14H12BrClFN. The molecule has 0 aliphatic heterocycles. The second-order valence-electron chi connectivity index (χ2n) is 4.02. The predicted octanol–water partition coefficient (Wildman–Crippen LogP) is 5.41. The lowest BCUT2D eigenvalue weighted by atomic mass is 10.1. The standard InChI is InChI=1S/C14H12BrClFN/c1-9(10-4-2-5-11(15)8-10)18-14-12(16)6-3-7-13(14)17/h2-9,18H,1H3. The molecule has 2 aromatic rings. The van der Waals surface area contributed by atoms with Gasteiger partial charge in [0.15, 0.2) is 0 Å². The van der Waals surface area contributed by atoms with E-state index in [0.717, 1.165) is 10.0 Å². The Morgan fingerprint density at radius 2 is 1.94 bits per heavy atom. The van der Waals surface area contributed by atoms with E-state index in [9.17, 15) is 4.39 Å². The summed E-state index contributed by atoms with van der Waals surface area (Å²) in [7, 11) is 0. The molecule has 0 radical (unpaired) electrons. The maximum atomic E-state index is 13.6. The minimum atomic E-state index is -0.343. The van der Waals surface area contributed by atoms with Gasteiger partial charge in [0.05, 0.1) is 10.7 Å². The minimum Gasteiger partial charge on any atom is -0.375 e. The Bertz CT molecular complexity index is 539. The van der Waals surface area contributed by atoms with Crippen LogP contribution in [0.3, 0.4) is 0 Å². The van der Waals surface area contributed by atoms with E-state index in [1.165, 1.54) is 6.07 Å². The summed E-state index contributed by atoms with van der Waals surface area (Å²) in [4.78, 5) is 0. The second-order valence-corrected chi connectivity index (χ2v) is 5.34. The van der Waals surface area contributed by atoms with Gasteiger partial charge in [-0.2, -0.15) is 0 Å². The zero-order valence-electron chi connectivity index (χ0n) is 9.75. The monoisotopic (exact) mass is 327 g/mol. The van der Waals surface area contributed by atoms with Crippen LogP contribution < -0.4 is 5.32 Å². The van der Waals surface area contributed by atoms with Crippen molar-refractivity contribution in [1.82, 2.24) is 0 Å². The number of rotatable bonds is 3. The van der Waals surface area contributed by atoms with Crippen LogP contribution in [-0.4, -0.2) is 0 Å². The Kier molecular flexibility index (Phi) is 4.25. The molecule has 1 atom stereocenters. The summed E-state index contributed by atoms with van der Waals surface area (Å²) in [6, 6.07) is 12.5. The van der Waals surface area contributed by atoms with Gasteiger partial charge in [-0.3, -0.25) is 0 Å². The van der Waals surface area contributed by atoms with Crippen molar-refractivity contribution in [2.75, 3.05) is 5.32 Å². The lowest BCUT2D eigenvalue weighted by molar-refractivity contribution is 0.627. The number of para-hydroxylation sites is 1. The Hall–Kier alpha value is -1.06. The number of benzene rings is 2. The average molecular weight is 329 g/mol. The average Bonchev–Trinajstić information content (AvgIpc) is 2.34. The maximum absolute atomic E-state index is 13.6. The van der Waals surface area contributed by atoms with Crippen molar-refractivity contribution in [2.24, 2.45) is 0 Å². The normalized spacial score (nSPS) is 12.2. The molecular weight excluding hydrogens is 317 g/mol. The highest BCUT2D eigenvalue weighted by molar-refractivity contribution is 9.10. The molecule has 1 unspecified atom stereocenters. The Balaban J connectivity index is 2.24. The molecule has 4 heteroatoms. The zero-order valence-corrected chi connectivity index (χ0v) is 12.1. The maximum Gasteiger partial charge on any atom is 0.147 e. The molecule has 0 amide bonds. The molecule has 2 rings (SSSR count). The molecule has 0 saturated carbocycles. The van der Waals surface area contributed by atoms with Crippen molar-refractivity contribution >= 4 is 33.2 Å². The van der Waals surface area contributed by atoms with E-state index in [-0.39, 0.29) is 11.9 Å². The van der Waals surface area contributed by atoms with Gasteiger partial charge in [0.2, 0.25) is 0 Å². The summed E-state index contributed by atoms with van der Waals surface area (Å²) >= 11 is 9.40. The van der Waals surface area contributed by atoms with Gasteiger partial charge in [-0.25, -0.2) is 4.39 Å². The van der Waals surface area contributed by atoms with Gasteiger partial charge in [0, 0.05) is 10.5 Å². The van der Waals surface area contributed by atoms with Gasteiger partial charge >= 0.3 is 0 Å². The highest BCUT2D eigenvalue weighted by Gasteiger charge is 2.11. The van der Waals surface area contributed by atoms with Gasteiger partial charge in [0.25, 0.3) is 0 Å². The van der Waals surface area contributed by atoms with Gasteiger partial charge in [-0.05, 0) is 36.8 Å². The molecule has 2 aromatic carbocycles. The number of nitrogens with one attached hydrogen (secondary N) is 1. The summed E-state index contributed by atoms with van der Waals surface area (Å²) in [5.41, 5.74) is 1.40. The molecule has 18 heavy (non-hydrogen) atoms. The number of hydrogen-bond acceptors (Lipinski definition) is 1. The minimum absolute atomic E-state index is 0.0306. The van der Waals surface area contributed by atoms with E-state index in [4.69, 9.17) is 11.6 Å². The van der Waals surface area contributed by atoms with Crippen LogP contribution in [0.25, 0.3) is 0 Å². The van der Waals surface area contributed by atoms with Crippen molar-refractivity contribution in [3.05, 3.63) is 63.3 Å². The fourth-order valence-electron chi connectivity index (χ4n) is 1.71. The molecule has 0 aliphatic rings. The summed E-state index contributed by atoms with van der Waals surface area (Å²) in [6.07, 6.45) is 0.